The zero-order valence-corrected chi connectivity index (χ0v) is 13.7. The molecule has 1 aromatic carbocycles. The molecule has 0 fully saturated rings. The molecular formula is C17H15F3N6. The summed E-state index contributed by atoms with van der Waals surface area (Å²) >= 11 is 0. The van der Waals surface area contributed by atoms with Crippen molar-refractivity contribution < 1.29 is 13.2 Å². The summed E-state index contributed by atoms with van der Waals surface area (Å²) in [6.45, 7) is 2.01. The number of nitrogens with one attached hydrogen (secondary N) is 2. The van der Waals surface area contributed by atoms with Crippen LogP contribution in [0.15, 0.2) is 49.1 Å². The van der Waals surface area contributed by atoms with Crippen molar-refractivity contribution in [2.24, 2.45) is 0 Å². The van der Waals surface area contributed by atoms with E-state index in [0.29, 0.717) is 23.1 Å². The largest absolute Gasteiger partial charge is 0.416 e. The predicted octanol–water partition coefficient (Wildman–Crippen LogP) is 3.95. The fourth-order valence-corrected chi connectivity index (χ4v) is 2.20. The van der Waals surface area contributed by atoms with Crippen LogP contribution in [-0.2, 0) is 12.7 Å². The molecule has 6 nitrogen and oxygen atoms in total. The van der Waals surface area contributed by atoms with Crippen LogP contribution in [0.25, 0.3) is 0 Å². The molecule has 0 atom stereocenters. The van der Waals surface area contributed by atoms with Crippen LogP contribution in [0, 0.1) is 6.92 Å². The molecule has 0 aliphatic carbocycles. The summed E-state index contributed by atoms with van der Waals surface area (Å²) in [6.07, 6.45) is 1.85. The Balaban J connectivity index is 1.73. The highest BCUT2D eigenvalue weighted by Gasteiger charge is 2.30. The van der Waals surface area contributed by atoms with Crippen LogP contribution < -0.4 is 10.6 Å². The summed E-state index contributed by atoms with van der Waals surface area (Å²) in [7, 11) is 0. The van der Waals surface area contributed by atoms with Crippen LogP contribution in [-0.4, -0.2) is 19.9 Å². The molecule has 0 unspecified atom stereocenters. The van der Waals surface area contributed by atoms with Crippen molar-refractivity contribution in [1.29, 1.82) is 0 Å². The molecule has 2 aromatic heterocycles. The second-order valence-corrected chi connectivity index (χ2v) is 5.49. The van der Waals surface area contributed by atoms with Gasteiger partial charge in [0.15, 0.2) is 5.82 Å². The summed E-state index contributed by atoms with van der Waals surface area (Å²) in [5, 5.41) is 5.95. The van der Waals surface area contributed by atoms with Gasteiger partial charge in [0.2, 0.25) is 5.95 Å². The standard InChI is InChI=1S/C17H15F3N6/c1-11-8-24-16(25-14-10-21-5-6-22-14)26-15(11)23-9-12-3-2-4-13(7-12)17(18,19)20/h2-8,10H,9H2,1H3,(H2,22,23,24,25,26). The third-order valence-corrected chi connectivity index (χ3v) is 3.49. The van der Waals surface area contributed by atoms with Crippen LogP contribution in [0.2, 0.25) is 0 Å². The third kappa shape index (κ3) is 4.44. The van der Waals surface area contributed by atoms with E-state index in [0.717, 1.165) is 17.7 Å². The number of alkyl halides is 3. The lowest BCUT2D eigenvalue weighted by atomic mass is 10.1. The second kappa shape index (κ2) is 7.34. The molecule has 9 heteroatoms. The van der Waals surface area contributed by atoms with Gasteiger partial charge in [-0.05, 0) is 24.6 Å². The third-order valence-electron chi connectivity index (χ3n) is 3.49. The van der Waals surface area contributed by atoms with Crippen molar-refractivity contribution in [3.8, 4) is 0 Å². The summed E-state index contributed by atoms with van der Waals surface area (Å²) in [6, 6.07) is 5.16. The van der Waals surface area contributed by atoms with E-state index in [1.165, 1.54) is 18.5 Å². The Morgan fingerprint density at radius 1 is 1.08 bits per heavy atom. The first-order valence-electron chi connectivity index (χ1n) is 7.68. The number of anilines is 3. The van der Waals surface area contributed by atoms with Crippen LogP contribution in [0.3, 0.4) is 0 Å². The first-order valence-corrected chi connectivity index (χ1v) is 7.68. The zero-order valence-electron chi connectivity index (χ0n) is 13.7. The van der Waals surface area contributed by atoms with Gasteiger partial charge in [-0.2, -0.15) is 18.2 Å². The Morgan fingerprint density at radius 2 is 1.92 bits per heavy atom. The van der Waals surface area contributed by atoms with Crippen LogP contribution in [0.4, 0.5) is 30.8 Å². The van der Waals surface area contributed by atoms with Crippen molar-refractivity contribution in [1.82, 2.24) is 19.9 Å². The van der Waals surface area contributed by atoms with Gasteiger partial charge in [-0.25, -0.2) is 9.97 Å². The van der Waals surface area contributed by atoms with E-state index in [-0.39, 0.29) is 6.54 Å². The van der Waals surface area contributed by atoms with Gasteiger partial charge in [-0.1, -0.05) is 12.1 Å². The molecule has 134 valence electrons. The SMILES string of the molecule is Cc1cnc(Nc2cnccn2)nc1NCc1cccc(C(F)(F)F)c1. The number of benzene rings is 1. The van der Waals surface area contributed by atoms with Gasteiger partial charge in [0.1, 0.15) is 5.82 Å². The van der Waals surface area contributed by atoms with E-state index >= 15 is 0 Å². The minimum absolute atomic E-state index is 0.201. The molecule has 0 radical (unpaired) electrons. The number of nitrogens with zero attached hydrogens (tertiary/aromatic N) is 4. The fourth-order valence-electron chi connectivity index (χ4n) is 2.20. The molecule has 2 N–H and O–H groups in total. The van der Waals surface area contributed by atoms with Gasteiger partial charge in [-0.15, -0.1) is 0 Å². The molecule has 0 saturated heterocycles. The first kappa shape index (κ1) is 17.6. The fraction of sp³-hybridized carbons (Fsp3) is 0.176. The highest BCUT2D eigenvalue weighted by Crippen LogP contribution is 2.29. The Morgan fingerprint density at radius 3 is 2.65 bits per heavy atom. The van der Waals surface area contributed by atoms with Crippen molar-refractivity contribution in [2.75, 3.05) is 10.6 Å². The highest BCUT2D eigenvalue weighted by atomic mass is 19.4. The van der Waals surface area contributed by atoms with Crippen LogP contribution in [0.1, 0.15) is 16.7 Å². The van der Waals surface area contributed by atoms with E-state index in [2.05, 4.69) is 30.6 Å². The average molecular weight is 360 g/mol. The number of hydrogen-bond donors (Lipinski definition) is 2. The number of aryl methyl sites for hydroxylation is 1. The van der Waals surface area contributed by atoms with Gasteiger partial charge in [0.25, 0.3) is 0 Å². The molecule has 3 aromatic rings. The second-order valence-electron chi connectivity index (χ2n) is 5.49. The molecule has 26 heavy (non-hydrogen) atoms. The smallest absolute Gasteiger partial charge is 0.366 e. The van der Waals surface area contributed by atoms with Crippen molar-refractivity contribution >= 4 is 17.6 Å². The molecular weight excluding hydrogens is 345 g/mol. The summed E-state index contributed by atoms with van der Waals surface area (Å²) < 4.78 is 38.4. The summed E-state index contributed by atoms with van der Waals surface area (Å²) in [4.78, 5) is 16.5. The molecule has 0 saturated carbocycles. The van der Waals surface area contributed by atoms with E-state index in [9.17, 15) is 13.2 Å². The van der Waals surface area contributed by atoms with Crippen molar-refractivity contribution in [2.45, 2.75) is 19.6 Å². The highest BCUT2D eigenvalue weighted by molar-refractivity contribution is 5.52. The van der Waals surface area contributed by atoms with Gasteiger partial charge >= 0.3 is 6.18 Å². The number of hydrogen-bond acceptors (Lipinski definition) is 6. The maximum Gasteiger partial charge on any atom is 0.416 e. The van der Waals surface area contributed by atoms with Crippen molar-refractivity contribution in [3.05, 3.63) is 65.7 Å². The van der Waals surface area contributed by atoms with Gasteiger partial charge in [0.05, 0.1) is 11.8 Å². The maximum atomic E-state index is 12.8. The van der Waals surface area contributed by atoms with Crippen LogP contribution >= 0.6 is 0 Å². The van der Waals surface area contributed by atoms with Gasteiger partial charge < -0.3 is 10.6 Å². The number of rotatable bonds is 5. The maximum absolute atomic E-state index is 12.8. The lowest BCUT2D eigenvalue weighted by Gasteiger charge is -2.12. The summed E-state index contributed by atoms with van der Waals surface area (Å²) in [5.74, 6) is 1.31. The Hall–Kier alpha value is -3.23. The van der Waals surface area contributed by atoms with Gasteiger partial charge in [-0.3, -0.25) is 4.98 Å². The van der Waals surface area contributed by atoms with E-state index in [4.69, 9.17) is 0 Å². The average Bonchev–Trinajstić information content (AvgIpc) is 2.62. The van der Waals surface area contributed by atoms with Crippen molar-refractivity contribution in [3.63, 3.8) is 0 Å². The van der Waals surface area contributed by atoms with E-state index < -0.39 is 11.7 Å². The first-order chi connectivity index (χ1) is 12.4. The zero-order chi connectivity index (χ0) is 18.6. The Labute approximate surface area is 147 Å². The van der Waals surface area contributed by atoms with Gasteiger partial charge in [0, 0.05) is 30.7 Å². The topological polar surface area (TPSA) is 75.6 Å². The minimum atomic E-state index is -4.37. The monoisotopic (exact) mass is 360 g/mol. The number of aromatic nitrogens is 4. The predicted molar refractivity (Wildman–Crippen MR) is 90.9 cm³/mol. The molecule has 0 bridgehead atoms. The quantitative estimate of drug-likeness (QED) is 0.718. The molecule has 0 amide bonds. The molecule has 2 heterocycles. The molecule has 0 spiro atoms. The minimum Gasteiger partial charge on any atom is -0.366 e. The Bertz CT molecular complexity index is 883. The number of halogens is 3. The van der Waals surface area contributed by atoms with Crippen LogP contribution in [0.5, 0.6) is 0 Å². The summed E-state index contributed by atoms with van der Waals surface area (Å²) in [5.41, 5.74) is 0.587. The Kier molecular flexibility index (Phi) is 4.97. The molecule has 3 rings (SSSR count). The van der Waals surface area contributed by atoms with E-state index in [1.54, 1.807) is 25.4 Å². The molecule has 0 aliphatic heterocycles. The lowest BCUT2D eigenvalue weighted by Crippen LogP contribution is -2.09. The molecule has 0 aliphatic rings. The lowest BCUT2D eigenvalue weighted by molar-refractivity contribution is -0.137. The normalized spacial score (nSPS) is 11.2. The van der Waals surface area contributed by atoms with E-state index in [1.807, 2.05) is 0 Å².